The molecule has 0 spiro atoms. The Bertz CT molecular complexity index is 743. The summed E-state index contributed by atoms with van der Waals surface area (Å²) >= 11 is 1.45. The van der Waals surface area contributed by atoms with Crippen molar-refractivity contribution in [3.63, 3.8) is 0 Å². The molecular formula is C17H15N3O2S. The lowest BCUT2D eigenvalue weighted by molar-refractivity contribution is 0.156. The molecule has 6 heteroatoms. The number of benzene rings is 1. The molecule has 0 saturated carbocycles. The highest BCUT2D eigenvalue weighted by molar-refractivity contribution is 7.09. The fourth-order valence-corrected chi connectivity index (χ4v) is 2.55. The Labute approximate surface area is 138 Å². The predicted octanol–water partition coefficient (Wildman–Crippen LogP) is 3.88. The lowest BCUT2D eigenvalue weighted by Gasteiger charge is -2.07. The molecule has 0 radical (unpaired) electrons. The van der Waals surface area contributed by atoms with Crippen LogP contribution in [-0.2, 0) is 17.8 Å². The molecule has 3 aromatic rings. The number of pyridine rings is 1. The van der Waals surface area contributed by atoms with Crippen LogP contribution in [0.15, 0.2) is 60.5 Å². The maximum Gasteiger partial charge on any atom is 0.411 e. The van der Waals surface area contributed by atoms with Gasteiger partial charge in [0, 0.05) is 24.3 Å². The zero-order valence-electron chi connectivity index (χ0n) is 12.3. The van der Waals surface area contributed by atoms with E-state index in [1.807, 2.05) is 36.4 Å². The minimum Gasteiger partial charge on any atom is -0.444 e. The Morgan fingerprint density at radius 2 is 1.78 bits per heavy atom. The molecule has 0 aliphatic heterocycles. The fourth-order valence-electron chi connectivity index (χ4n) is 2.05. The van der Waals surface area contributed by atoms with Crippen LogP contribution in [0.3, 0.4) is 0 Å². The molecule has 1 amide bonds. The second-order valence-corrected chi connectivity index (χ2v) is 5.87. The number of hydrogen-bond donors (Lipinski definition) is 1. The molecule has 116 valence electrons. The average molecular weight is 325 g/mol. The van der Waals surface area contributed by atoms with E-state index >= 15 is 0 Å². The molecule has 1 aromatic carbocycles. The minimum absolute atomic E-state index is 0.233. The lowest BCUT2D eigenvalue weighted by atomic mass is 10.1. The fraction of sp³-hybridized carbons (Fsp3) is 0.118. The molecule has 0 aliphatic carbocycles. The van der Waals surface area contributed by atoms with Crippen molar-refractivity contribution in [1.82, 2.24) is 9.97 Å². The number of carbonyl (C=O) groups excluding carboxylic acids is 1. The number of carbonyl (C=O) groups is 1. The molecule has 0 atom stereocenters. The Balaban J connectivity index is 1.51. The molecule has 1 N–H and O–H groups in total. The van der Waals surface area contributed by atoms with E-state index in [4.69, 9.17) is 4.74 Å². The maximum atomic E-state index is 11.7. The Hall–Kier alpha value is -2.73. The number of amides is 1. The Morgan fingerprint density at radius 1 is 1.04 bits per heavy atom. The van der Waals surface area contributed by atoms with Gasteiger partial charge in [-0.25, -0.2) is 4.79 Å². The highest BCUT2D eigenvalue weighted by Crippen LogP contribution is 2.14. The first kappa shape index (κ1) is 15.2. The van der Waals surface area contributed by atoms with Crippen LogP contribution in [0.25, 0.3) is 0 Å². The van der Waals surface area contributed by atoms with E-state index in [1.165, 1.54) is 22.5 Å². The maximum absolute atomic E-state index is 11.7. The zero-order valence-corrected chi connectivity index (χ0v) is 13.1. The van der Waals surface area contributed by atoms with Crippen LogP contribution in [0, 0.1) is 0 Å². The van der Waals surface area contributed by atoms with Crippen molar-refractivity contribution in [2.75, 3.05) is 5.32 Å². The Morgan fingerprint density at radius 3 is 2.48 bits per heavy atom. The summed E-state index contributed by atoms with van der Waals surface area (Å²) in [6.07, 6.45) is 5.61. The van der Waals surface area contributed by atoms with Gasteiger partial charge in [0.15, 0.2) is 0 Å². The van der Waals surface area contributed by atoms with Gasteiger partial charge < -0.3 is 4.74 Å². The summed E-state index contributed by atoms with van der Waals surface area (Å²) in [7, 11) is 0. The first-order chi connectivity index (χ1) is 11.3. The van der Waals surface area contributed by atoms with Gasteiger partial charge in [-0.15, -0.1) is 11.3 Å². The number of hydrogen-bond acceptors (Lipinski definition) is 5. The third kappa shape index (κ3) is 4.62. The minimum atomic E-state index is -0.472. The van der Waals surface area contributed by atoms with Crippen LogP contribution in [-0.4, -0.2) is 16.1 Å². The second-order valence-electron chi connectivity index (χ2n) is 4.90. The molecule has 0 saturated heterocycles. The summed E-state index contributed by atoms with van der Waals surface area (Å²) in [4.78, 5) is 20.6. The number of rotatable bonds is 5. The van der Waals surface area contributed by atoms with E-state index in [1.54, 1.807) is 24.1 Å². The van der Waals surface area contributed by atoms with Crippen molar-refractivity contribution in [2.24, 2.45) is 0 Å². The monoisotopic (exact) mass is 325 g/mol. The SMILES string of the molecule is O=C(Nc1ccc(Cc2ccncc2)cc1)OCc1cncs1. The summed E-state index contributed by atoms with van der Waals surface area (Å²) < 4.78 is 5.13. The van der Waals surface area contributed by atoms with Crippen molar-refractivity contribution in [1.29, 1.82) is 0 Å². The first-order valence-electron chi connectivity index (χ1n) is 7.08. The van der Waals surface area contributed by atoms with Crippen molar-refractivity contribution in [3.8, 4) is 0 Å². The number of thiazole rings is 1. The summed E-state index contributed by atoms with van der Waals surface area (Å²) in [6, 6.07) is 11.7. The van der Waals surface area contributed by atoms with Gasteiger partial charge in [0.2, 0.25) is 0 Å². The highest BCUT2D eigenvalue weighted by Gasteiger charge is 2.05. The Kier molecular flexibility index (Phi) is 4.95. The molecule has 0 unspecified atom stereocenters. The number of nitrogens with one attached hydrogen (secondary N) is 1. The smallest absolute Gasteiger partial charge is 0.411 e. The van der Waals surface area contributed by atoms with Crippen LogP contribution >= 0.6 is 11.3 Å². The van der Waals surface area contributed by atoms with E-state index in [0.29, 0.717) is 5.69 Å². The van der Waals surface area contributed by atoms with Gasteiger partial charge >= 0.3 is 6.09 Å². The molecule has 23 heavy (non-hydrogen) atoms. The molecule has 0 bridgehead atoms. The van der Waals surface area contributed by atoms with Crippen LogP contribution in [0.2, 0.25) is 0 Å². The summed E-state index contributed by atoms with van der Waals surface area (Å²) in [5, 5.41) is 2.71. The van der Waals surface area contributed by atoms with Gasteiger partial charge in [0.25, 0.3) is 0 Å². The van der Waals surface area contributed by atoms with Gasteiger partial charge in [-0.3, -0.25) is 15.3 Å². The second kappa shape index (κ2) is 7.51. The van der Waals surface area contributed by atoms with E-state index < -0.39 is 6.09 Å². The molecule has 2 heterocycles. The van der Waals surface area contributed by atoms with E-state index in [9.17, 15) is 4.79 Å². The third-order valence-corrected chi connectivity index (χ3v) is 3.94. The summed E-state index contributed by atoms with van der Waals surface area (Å²) in [5.41, 5.74) is 4.78. The van der Waals surface area contributed by atoms with Gasteiger partial charge in [-0.1, -0.05) is 12.1 Å². The summed E-state index contributed by atoms with van der Waals surface area (Å²) in [6.45, 7) is 0.233. The number of aromatic nitrogens is 2. The highest BCUT2D eigenvalue weighted by atomic mass is 32.1. The quantitative estimate of drug-likeness (QED) is 0.773. The van der Waals surface area contributed by atoms with Crippen LogP contribution in [0.5, 0.6) is 0 Å². The molecule has 0 aliphatic rings. The zero-order chi connectivity index (χ0) is 15.9. The number of anilines is 1. The first-order valence-corrected chi connectivity index (χ1v) is 7.96. The van der Waals surface area contributed by atoms with Crippen molar-refractivity contribution < 1.29 is 9.53 Å². The predicted molar refractivity (Wildman–Crippen MR) is 89.4 cm³/mol. The molecule has 5 nitrogen and oxygen atoms in total. The van der Waals surface area contributed by atoms with Crippen molar-refractivity contribution in [3.05, 3.63) is 76.5 Å². The van der Waals surface area contributed by atoms with Gasteiger partial charge in [-0.2, -0.15) is 0 Å². The van der Waals surface area contributed by atoms with E-state index in [0.717, 1.165) is 11.3 Å². The topological polar surface area (TPSA) is 64.1 Å². The van der Waals surface area contributed by atoms with E-state index in [-0.39, 0.29) is 6.61 Å². The molecule has 3 rings (SSSR count). The number of nitrogens with zero attached hydrogens (tertiary/aromatic N) is 2. The molecule has 0 fully saturated rings. The normalized spacial score (nSPS) is 10.3. The van der Waals surface area contributed by atoms with E-state index in [2.05, 4.69) is 15.3 Å². The van der Waals surface area contributed by atoms with Gasteiger partial charge in [0.05, 0.1) is 10.4 Å². The van der Waals surface area contributed by atoms with Crippen LogP contribution in [0.4, 0.5) is 10.5 Å². The van der Waals surface area contributed by atoms with Gasteiger partial charge in [0.1, 0.15) is 6.61 Å². The van der Waals surface area contributed by atoms with Crippen LogP contribution in [0.1, 0.15) is 16.0 Å². The molecule has 2 aromatic heterocycles. The molecular weight excluding hydrogens is 310 g/mol. The third-order valence-electron chi connectivity index (χ3n) is 3.19. The van der Waals surface area contributed by atoms with Crippen molar-refractivity contribution >= 4 is 23.1 Å². The standard InChI is InChI=1S/C17H15N3O2S/c21-17(22-11-16-10-19-12-23-16)20-15-3-1-13(2-4-15)9-14-5-7-18-8-6-14/h1-8,10,12H,9,11H2,(H,20,21). The van der Waals surface area contributed by atoms with Gasteiger partial charge in [-0.05, 0) is 41.8 Å². The average Bonchev–Trinajstić information content (AvgIpc) is 3.09. The summed E-state index contributed by atoms with van der Waals surface area (Å²) in [5.74, 6) is 0. The largest absolute Gasteiger partial charge is 0.444 e. The van der Waals surface area contributed by atoms with Crippen LogP contribution < -0.4 is 5.32 Å². The lowest BCUT2D eigenvalue weighted by Crippen LogP contribution is -2.13. The number of ether oxygens (including phenoxy) is 1. The van der Waals surface area contributed by atoms with Crippen molar-refractivity contribution in [2.45, 2.75) is 13.0 Å².